The van der Waals surface area contributed by atoms with E-state index in [1.807, 2.05) is 30.3 Å². The molecule has 1 aliphatic heterocycles. The van der Waals surface area contributed by atoms with E-state index in [1.54, 1.807) is 22.8 Å². The molecule has 0 spiro atoms. The zero-order valence-electron chi connectivity index (χ0n) is 13.0. The summed E-state index contributed by atoms with van der Waals surface area (Å²) in [5, 5.41) is 10.6. The summed E-state index contributed by atoms with van der Waals surface area (Å²) < 4.78 is 1.56. The largest absolute Gasteiger partial charge is 0.357 e. The molecule has 0 bridgehead atoms. The molecule has 2 aromatic rings. The molecule has 0 radical (unpaired) electrons. The first-order valence-electron chi connectivity index (χ1n) is 7.71. The molecule has 2 heterocycles. The van der Waals surface area contributed by atoms with Crippen molar-refractivity contribution in [1.29, 1.82) is 0 Å². The first-order chi connectivity index (χ1) is 11.2. The predicted octanol–water partition coefficient (Wildman–Crippen LogP) is 1.01. The summed E-state index contributed by atoms with van der Waals surface area (Å²) >= 11 is 0. The third-order valence-electron chi connectivity index (χ3n) is 4.05. The first-order valence-corrected chi connectivity index (χ1v) is 7.71. The lowest BCUT2D eigenvalue weighted by molar-refractivity contribution is -0.126. The van der Waals surface area contributed by atoms with Gasteiger partial charge in [0.2, 0.25) is 5.91 Å². The number of benzene rings is 1. The Morgan fingerprint density at radius 1 is 1.22 bits per heavy atom. The second-order valence-electron chi connectivity index (χ2n) is 5.51. The van der Waals surface area contributed by atoms with Crippen LogP contribution >= 0.6 is 0 Å². The molecule has 1 N–H and O–H groups in total. The predicted molar refractivity (Wildman–Crippen MR) is 84.1 cm³/mol. The number of piperidine rings is 1. The molecule has 1 aromatic heterocycles. The Morgan fingerprint density at radius 2 is 2.00 bits per heavy atom. The van der Waals surface area contributed by atoms with Crippen LogP contribution in [-0.2, 0) is 4.79 Å². The second kappa shape index (κ2) is 6.60. The number of nitrogens with one attached hydrogen (secondary N) is 1. The summed E-state index contributed by atoms with van der Waals surface area (Å²) in [5.41, 5.74) is 1.09. The van der Waals surface area contributed by atoms with E-state index < -0.39 is 6.04 Å². The fourth-order valence-corrected chi connectivity index (χ4v) is 2.83. The van der Waals surface area contributed by atoms with Gasteiger partial charge in [0.1, 0.15) is 6.04 Å². The Morgan fingerprint density at radius 3 is 2.74 bits per heavy atom. The molecule has 0 unspecified atom stereocenters. The van der Waals surface area contributed by atoms with Crippen molar-refractivity contribution in [1.82, 2.24) is 25.2 Å². The van der Waals surface area contributed by atoms with E-state index >= 15 is 0 Å². The van der Waals surface area contributed by atoms with Crippen molar-refractivity contribution in [3.8, 4) is 5.69 Å². The van der Waals surface area contributed by atoms with Crippen LogP contribution in [0, 0.1) is 0 Å². The van der Waals surface area contributed by atoms with Crippen molar-refractivity contribution in [2.75, 3.05) is 13.6 Å². The maximum Gasteiger partial charge on any atom is 0.276 e. The molecule has 1 atom stereocenters. The number of aromatic nitrogens is 3. The van der Waals surface area contributed by atoms with E-state index in [9.17, 15) is 9.59 Å². The van der Waals surface area contributed by atoms with Gasteiger partial charge >= 0.3 is 0 Å². The maximum atomic E-state index is 12.7. The van der Waals surface area contributed by atoms with Gasteiger partial charge in [0.05, 0.1) is 11.9 Å². The zero-order chi connectivity index (χ0) is 16.2. The third kappa shape index (κ3) is 3.08. The average molecular weight is 313 g/mol. The summed E-state index contributed by atoms with van der Waals surface area (Å²) in [6, 6.07) is 9.04. The molecule has 1 saturated heterocycles. The maximum absolute atomic E-state index is 12.7. The van der Waals surface area contributed by atoms with Gasteiger partial charge in [-0.2, -0.15) is 0 Å². The van der Waals surface area contributed by atoms with Gasteiger partial charge in [0.15, 0.2) is 5.69 Å². The molecule has 7 heteroatoms. The average Bonchev–Trinajstić information content (AvgIpc) is 3.11. The van der Waals surface area contributed by atoms with Crippen LogP contribution in [0.2, 0.25) is 0 Å². The van der Waals surface area contributed by atoms with Crippen molar-refractivity contribution in [2.24, 2.45) is 0 Å². The number of rotatable bonds is 3. The highest BCUT2D eigenvalue weighted by Crippen LogP contribution is 2.19. The number of likely N-dealkylation sites (N-methyl/N-ethyl adjacent to an activating group) is 1. The molecule has 7 nitrogen and oxygen atoms in total. The fraction of sp³-hybridized carbons (Fsp3) is 0.375. The third-order valence-corrected chi connectivity index (χ3v) is 4.05. The molecule has 0 saturated carbocycles. The van der Waals surface area contributed by atoms with Crippen LogP contribution in [0.4, 0.5) is 0 Å². The van der Waals surface area contributed by atoms with Crippen LogP contribution in [0.3, 0.4) is 0 Å². The Balaban J connectivity index is 1.82. The molecule has 0 aliphatic carbocycles. The SMILES string of the molecule is CNC(=O)[C@H]1CCCCN1C(=O)c1cn(-c2ccccc2)nn1. The minimum absolute atomic E-state index is 0.131. The number of hydrogen-bond donors (Lipinski definition) is 1. The quantitative estimate of drug-likeness (QED) is 0.917. The molecule has 1 aromatic carbocycles. The molecule has 120 valence electrons. The minimum atomic E-state index is -0.428. The van der Waals surface area contributed by atoms with E-state index in [2.05, 4.69) is 15.6 Å². The van der Waals surface area contributed by atoms with Crippen LogP contribution in [0.1, 0.15) is 29.8 Å². The van der Waals surface area contributed by atoms with Gasteiger partial charge in [-0.05, 0) is 31.4 Å². The van der Waals surface area contributed by atoms with Gasteiger partial charge in [-0.3, -0.25) is 9.59 Å². The van der Waals surface area contributed by atoms with Gasteiger partial charge in [-0.15, -0.1) is 5.10 Å². The van der Waals surface area contributed by atoms with Gasteiger partial charge in [-0.25, -0.2) is 4.68 Å². The Bertz CT molecular complexity index is 698. The number of nitrogens with zero attached hydrogens (tertiary/aromatic N) is 4. The molecular weight excluding hydrogens is 294 g/mol. The lowest BCUT2D eigenvalue weighted by Crippen LogP contribution is -2.51. The number of carbonyl (C=O) groups is 2. The Hall–Kier alpha value is -2.70. The van der Waals surface area contributed by atoms with Gasteiger partial charge in [0, 0.05) is 13.6 Å². The van der Waals surface area contributed by atoms with Gasteiger partial charge in [-0.1, -0.05) is 23.4 Å². The van der Waals surface area contributed by atoms with E-state index in [0.717, 1.165) is 18.5 Å². The number of para-hydroxylation sites is 1. The fourth-order valence-electron chi connectivity index (χ4n) is 2.83. The summed E-state index contributed by atoms with van der Waals surface area (Å²) in [5.74, 6) is -0.381. The molecular formula is C16H19N5O2. The normalized spacial score (nSPS) is 17.8. The molecule has 3 rings (SSSR count). The summed E-state index contributed by atoms with van der Waals surface area (Å²) in [4.78, 5) is 26.3. The smallest absolute Gasteiger partial charge is 0.276 e. The van der Waals surface area contributed by atoms with E-state index in [0.29, 0.717) is 13.0 Å². The molecule has 2 amide bonds. The van der Waals surface area contributed by atoms with Crippen LogP contribution in [-0.4, -0.2) is 51.3 Å². The number of amides is 2. The van der Waals surface area contributed by atoms with Gasteiger partial charge < -0.3 is 10.2 Å². The molecule has 23 heavy (non-hydrogen) atoms. The van der Waals surface area contributed by atoms with Crippen LogP contribution < -0.4 is 5.32 Å². The van der Waals surface area contributed by atoms with Crippen molar-refractivity contribution < 1.29 is 9.59 Å². The zero-order valence-corrected chi connectivity index (χ0v) is 13.0. The van der Waals surface area contributed by atoms with Crippen LogP contribution in [0.15, 0.2) is 36.5 Å². The standard InChI is InChI=1S/C16H19N5O2/c1-17-15(22)14-9-5-6-10-20(14)16(23)13-11-21(19-18-13)12-7-3-2-4-8-12/h2-4,7-8,11,14H,5-6,9-10H2,1H3,(H,17,22)/t14-/m1/s1. The Kier molecular flexibility index (Phi) is 4.36. The van der Waals surface area contributed by atoms with Crippen LogP contribution in [0.5, 0.6) is 0 Å². The molecule has 1 fully saturated rings. The van der Waals surface area contributed by atoms with Gasteiger partial charge in [0.25, 0.3) is 5.91 Å². The van der Waals surface area contributed by atoms with E-state index in [4.69, 9.17) is 0 Å². The number of hydrogen-bond acceptors (Lipinski definition) is 4. The highest BCUT2D eigenvalue weighted by molar-refractivity contribution is 5.96. The van der Waals surface area contributed by atoms with E-state index in [-0.39, 0.29) is 17.5 Å². The summed E-state index contributed by atoms with van der Waals surface area (Å²) in [6.45, 7) is 0.565. The lowest BCUT2D eigenvalue weighted by atomic mass is 10.0. The minimum Gasteiger partial charge on any atom is -0.357 e. The second-order valence-corrected chi connectivity index (χ2v) is 5.51. The monoisotopic (exact) mass is 313 g/mol. The van der Waals surface area contributed by atoms with Crippen molar-refractivity contribution in [2.45, 2.75) is 25.3 Å². The van der Waals surface area contributed by atoms with Crippen molar-refractivity contribution in [3.05, 3.63) is 42.2 Å². The highest BCUT2D eigenvalue weighted by atomic mass is 16.2. The lowest BCUT2D eigenvalue weighted by Gasteiger charge is -2.33. The first kappa shape index (κ1) is 15.2. The van der Waals surface area contributed by atoms with Crippen LogP contribution in [0.25, 0.3) is 5.69 Å². The summed E-state index contributed by atoms with van der Waals surface area (Å²) in [6.07, 6.45) is 4.12. The topological polar surface area (TPSA) is 80.1 Å². The summed E-state index contributed by atoms with van der Waals surface area (Å²) in [7, 11) is 1.59. The Labute approximate surface area is 134 Å². The van der Waals surface area contributed by atoms with Crippen molar-refractivity contribution in [3.63, 3.8) is 0 Å². The number of carbonyl (C=O) groups excluding carboxylic acids is 2. The van der Waals surface area contributed by atoms with Crippen molar-refractivity contribution >= 4 is 11.8 Å². The number of likely N-dealkylation sites (tertiary alicyclic amines) is 1. The molecule has 1 aliphatic rings. The van der Waals surface area contributed by atoms with E-state index in [1.165, 1.54) is 0 Å². The highest BCUT2D eigenvalue weighted by Gasteiger charge is 2.33.